The summed E-state index contributed by atoms with van der Waals surface area (Å²) in [4.78, 5) is 24.3. The van der Waals surface area contributed by atoms with Gasteiger partial charge in [-0.15, -0.1) is 0 Å². The minimum atomic E-state index is -0.274. The van der Waals surface area contributed by atoms with E-state index in [9.17, 15) is 4.79 Å². The third-order valence-corrected chi connectivity index (χ3v) is 7.40. The Morgan fingerprint density at radius 2 is 2.05 bits per heavy atom. The third-order valence-electron chi connectivity index (χ3n) is 7.07. The Hall–Kier alpha value is -3.37. The van der Waals surface area contributed by atoms with Gasteiger partial charge in [-0.1, -0.05) is 16.8 Å². The summed E-state index contributed by atoms with van der Waals surface area (Å²) in [6.45, 7) is 10.6. The lowest BCUT2D eigenvalue weighted by molar-refractivity contribution is 0.0797. The zero-order valence-electron chi connectivity index (χ0n) is 24.0. The molecule has 1 saturated heterocycles. The van der Waals surface area contributed by atoms with Crippen LogP contribution in [0.5, 0.6) is 5.75 Å². The predicted molar refractivity (Wildman–Crippen MR) is 156 cm³/mol. The second-order valence-electron chi connectivity index (χ2n) is 9.94. The van der Waals surface area contributed by atoms with Crippen molar-refractivity contribution in [2.24, 2.45) is 0 Å². The largest absolute Gasteiger partial charge is 0.494 e. The minimum Gasteiger partial charge on any atom is -0.494 e. The number of aryl methyl sites for hydroxylation is 2. The first-order valence-corrected chi connectivity index (χ1v) is 14.3. The van der Waals surface area contributed by atoms with E-state index in [1.165, 1.54) is 0 Å². The molecule has 10 nitrogen and oxygen atoms in total. The highest BCUT2D eigenvalue weighted by molar-refractivity contribution is 6.33. The highest BCUT2D eigenvalue weighted by Gasteiger charge is 2.28. The van der Waals surface area contributed by atoms with Crippen LogP contribution in [0.15, 0.2) is 22.7 Å². The number of halogens is 1. The third kappa shape index (κ3) is 6.85. The number of likely N-dealkylation sites (tertiary alicyclic amines) is 1. The lowest BCUT2D eigenvalue weighted by Crippen LogP contribution is -2.47. The second kappa shape index (κ2) is 13.8. The summed E-state index contributed by atoms with van der Waals surface area (Å²) in [5.74, 6) is 2.48. The van der Waals surface area contributed by atoms with Crippen LogP contribution in [0.2, 0.25) is 5.02 Å². The van der Waals surface area contributed by atoms with Crippen molar-refractivity contribution in [3.05, 3.63) is 40.2 Å². The lowest BCUT2D eigenvalue weighted by atomic mass is 10.0. The van der Waals surface area contributed by atoms with Crippen molar-refractivity contribution in [2.75, 3.05) is 45.2 Å². The molecule has 0 radical (unpaired) electrons. The van der Waals surface area contributed by atoms with E-state index in [-0.39, 0.29) is 12.1 Å². The van der Waals surface area contributed by atoms with Crippen molar-refractivity contribution >= 4 is 23.5 Å². The number of ether oxygens (including phenoxy) is 2. The van der Waals surface area contributed by atoms with Gasteiger partial charge in [-0.25, -0.2) is 14.8 Å². The first kappa shape index (κ1) is 29.6. The van der Waals surface area contributed by atoms with E-state index in [0.29, 0.717) is 65.7 Å². The Morgan fingerprint density at radius 3 is 2.77 bits per heavy atom. The summed E-state index contributed by atoms with van der Waals surface area (Å²) >= 11 is 6.67. The zero-order chi connectivity index (χ0) is 28.6. The summed E-state index contributed by atoms with van der Waals surface area (Å²) in [6.07, 6.45) is 3.51. The molecule has 4 rings (SSSR count). The molecule has 2 N–H and O–H groups in total. The standard InChI is InChI=1S/C29H39ClN6O4/c1-6-38-29(37)36-14-8-7-10-21(36)17-32-27-18(2)26(25-19(3)35-40-20(25)4)33-28(34-27)23-16-22(11-12-24(23)30)39-15-9-13-31-5/h11-12,16,21,31H,6-10,13-15,17H2,1-5H3,(H,32,33,34). The molecule has 11 heteroatoms. The molecule has 1 fully saturated rings. The first-order chi connectivity index (χ1) is 19.3. The molecule has 1 amide bonds. The first-order valence-electron chi connectivity index (χ1n) is 13.9. The van der Waals surface area contributed by atoms with Crippen LogP contribution in [-0.4, -0.2) is 72.1 Å². The van der Waals surface area contributed by atoms with Crippen molar-refractivity contribution in [2.45, 2.75) is 59.4 Å². The maximum Gasteiger partial charge on any atom is 0.410 e. The molecule has 2 aromatic heterocycles. The van der Waals surface area contributed by atoms with E-state index in [1.54, 1.807) is 6.07 Å². The van der Waals surface area contributed by atoms with Crippen LogP contribution in [0.25, 0.3) is 22.6 Å². The fraction of sp³-hybridized carbons (Fsp3) is 0.517. The fourth-order valence-electron chi connectivity index (χ4n) is 4.95. The summed E-state index contributed by atoms with van der Waals surface area (Å²) in [6, 6.07) is 5.51. The molecule has 1 atom stereocenters. The molecular formula is C29H39ClN6O4. The monoisotopic (exact) mass is 570 g/mol. The van der Waals surface area contributed by atoms with Gasteiger partial charge in [0.05, 0.1) is 41.2 Å². The number of piperidine rings is 1. The smallest absolute Gasteiger partial charge is 0.410 e. The number of hydrogen-bond donors (Lipinski definition) is 2. The Morgan fingerprint density at radius 1 is 1.23 bits per heavy atom. The molecule has 1 aliphatic heterocycles. The maximum absolute atomic E-state index is 12.6. The van der Waals surface area contributed by atoms with Crippen LogP contribution in [0.3, 0.4) is 0 Å². The highest BCUT2D eigenvalue weighted by atomic mass is 35.5. The quantitative estimate of drug-likeness (QED) is 0.276. The number of carbonyl (C=O) groups is 1. The number of hydrogen-bond acceptors (Lipinski definition) is 9. The van der Waals surface area contributed by atoms with Crippen molar-refractivity contribution in [3.8, 4) is 28.4 Å². The minimum absolute atomic E-state index is 0.00828. The number of aromatic nitrogens is 3. The van der Waals surface area contributed by atoms with Gasteiger partial charge >= 0.3 is 6.09 Å². The van der Waals surface area contributed by atoms with Crippen LogP contribution in [-0.2, 0) is 4.74 Å². The molecule has 0 aliphatic carbocycles. The van der Waals surface area contributed by atoms with E-state index in [2.05, 4.69) is 15.8 Å². The van der Waals surface area contributed by atoms with E-state index in [0.717, 1.165) is 49.0 Å². The molecule has 0 saturated carbocycles. The fourth-order valence-corrected chi connectivity index (χ4v) is 5.15. The van der Waals surface area contributed by atoms with Gasteiger partial charge in [0, 0.05) is 24.2 Å². The summed E-state index contributed by atoms with van der Waals surface area (Å²) in [5.41, 5.74) is 3.79. The highest BCUT2D eigenvalue weighted by Crippen LogP contribution is 2.36. The Balaban J connectivity index is 1.70. The zero-order valence-corrected chi connectivity index (χ0v) is 24.7. The molecule has 3 aromatic rings. The maximum atomic E-state index is 12.6. The predicted octanol–water partition coefficient (Wildman–Crippen LogP) is 5.79. The van der Waals surface area contributed by atoms with Crippen molar-refractivity contribution in [1.29, 1.82) is 0 Å². The molecule has 3 heterocycles. The van der Waals surface area contributed by atoms with Gasteiger partial charge < -0.3 is 29.5 Å². The number of nitrogens with zero attached hydrogens (tertiary/aromatic N) is 4. The Kier molecular flexibility index (Phi) is 10.2. The molecule has 0 bridgehead atoms. The number of carbonyl (C=O) groups excluding carboxylic acids is 1. The second-order valence-corrected chi connectivity index (χ2v) is 10.3. The summed E-state index contributed by atoms with van der Waals surface area (Å²) in [5, 5.41) is 11.3. The average molecular weight is 571 g/mol. The van der Waals surface area contributed by atoms with Gasteiger partial charge in [0.25, 0.3) is 0 Å². The number of nitrogens with one attached hydrogen (secondary N) is 2. The number of benzene rings is 1. The van der Waals surface area contributed by atoms with Gasteiger partial charge in [0.1, 0.15) is 17.3 Å². The van der Waals surface area contributed by atoms with Gasteiger partial charge in [-0.05, 0) is 85.2 Å². The van der Waals surface area contributed by atoms with E-state index >= 15 is 0 Å². The molecular weight excluding hydrogens is 532 g/mol. The summed E-state index contributed by atoms with van der Waals surface area (Å²) < 4.78 is 16.7. The Labute approximate surface area is 240 Å². The molecule has 0 spiro atoms. The summed E-state index contributed by atoms with van der Waals surface area (Å²) in [7, 11) is 1.92. The number of amides is 1. The average Bonchev–Trinajstić information content (AvgIpc) is 3.29. The van der Waals surface area contributed by atoms with Gasteiger partial charge in [-0.3, -0.25) is 0 Å². The van der Waals surface area contributed by atoms with Crippen molar-refractivity contribution in [1.82, 2.24) is 25.3 Å². The molecule has 1 unspecified atom stereocenters. The molecule has 216 valence electrons. The van der Waals surface area contributed by atoms with Gasteiger partial charge in [0.2, 0.25) is 0 Å². The number of rotatable bonds is 11. The van der Waals surface area contributed by atoms with Crippen LogP contribution in [0.1, 0.15) is 49.6 Å². The molecule has 1 aromatic carbocycles. The van der Waals surface area contributed by atoms with Gasteiger partial charge in [-0.2, -0.15) is 0 Å². The van der Waals surface area contributed by atoms with Crippen LogP contribution < -0.4 is 15.4 Å². The van der Waals surface area contributed by atoms with E-state index in [1.807, 2.05) is 51.8 Å². The van der Waals surface area contributed by atoms with E-state index in [4.69, 9.17) is 35.6 Å². The molecule has 1 aliphatic rings. The normalized spacial score (nSPS) is 15.2. The van der Waals surface area contributed by atoms with Crippen LogP contribution in [0, 0.1) is 20.8 Å². The number of anilines is 1. The van der Waals surface area contributed by atoms with Crippen LogP contribution >= 0.6 is 11.6 Å². The Bertz CT molecular complexity index is 1290. The lowest BCUT2D eigenvalue weighted by Gasteiger charge is -2.35. The van der Waals surface area contributed by atoms with Crippen LogP contribution in [0.4, 0.5) is 10.6 Å². The van der Waals surface area contributed by atoms with Crippen molar-refractivity contribution < 1.29 is 18.8 Å². The van der Waals surface area contributed by atoms with Crippen molar-refractivity contribution in [3.63, 3.8) is 0 Å². The molecule has 40 heavy (non-hydrogen) atoms. The SMILES string of the molecule is CCOC(=O)N1CCCCC1CNc1nc(-c2cc(OCCCNC)ccc2Cl)nc(-c2c(C)noc2C)c1C. The van der Waals surface area contributed by atoms with Gasteiger partial charge in [0.15, 0.2) is 5.82 Å². The topological polar surface area (TPSA) is 115 Å². The van der Waals surface area contributed by atoms with E-state index < -0.39 is 0 Å².